The summed E-state index contributed by atoms with van der Waals surface area (Å²) in [6.07, 6.45) is 5.56. The molecule has 1 N–H and O–H groups in total. The van der Waals surface area contributed by atoms with Crippen LogP contribution in [0.3, 0.4) is 0 Å². The Bertz CT molecular complexity index is 586. The quantitative estimate of drug-likeness (QED) is 0.377. The lowest BCUT2D eigenvalue weighted by Crippen LogP contribution is -2.37. The topological polar surface area (TPSA) is 29.5 Å². The Morgan fingerprint density at radius 1 is 1.33 bits per heavy atom. The lowest BCUT2D eigenvalue weighted by atomic mass is 9.91. The molecular formula is C21H31ClO2. The third-order valence-electron chi connectivity index (χ3n) is 4.66. The summed E-state index contributed by atoms with van der Waals surface area (Å²) in [4.78, 5) is 0. The fourth-order valence-electron chi connectivity index (χ4n) is 3.09. The Morgan fingerprint density at radius 2 is 1.96 bits per heavy atom. The smallest absolute Gasteiger partial charge is 0.164 e. The van der Waals surface area contributed by atoms with Crippen LogP contribution in [0.2, 0.25) is 5.02 Å². The van der Waals surface area contributed by atoms with Crippen molar-refractivity contribution in [3.8, 4) is 5.75 Å². The van der Waals surface area contributed by atoms with E-state index in [4.69, 9.17) is 16.3 Å². The molecule has 0 saturated heterocycles. The molecule has 0 amide bonds. The number of rotatable bonds is 9. The number of allylic oxidation sites excluding steroid dienone is 2. The SMILES string of the molecule is C=C(O)C(CC)(CC)Oc1ccc(Cl)cc1C(C)C/C(C)=C\CC. The van der Waals surface area contributed by atoms with Gasteiger partial charge in [-0.05, 0) is 62.3 Å². The molecule has 0 saturated carbocycles. The predicted octanol–water partition coefficient (Wildman–Crippen LogP) is 7.20. The summed E-state index contributed by atoms with van der Waals surface area (Å²) in [5, 5.41) is 10.8. The van der Waals surface area contributed by atoms with Gasteiger partial charge in [0, 0.05) is 5.02 Å². The van der Waals surface area contributed by atoms with Gasteiger partial charge in [0.1, 0.15) is 11.5 Å². The molecule has 134 valence electrons. The van der Waals surface area contributed by atoms with Crippen molar-refractivity contribution < 1.29 is 9.84 Å². The minimum Gasteiger partial charge on any atom is -0.509 e. The normalized spacial score (nSPS) is 13.7. The Hall–Kier alpha value is -1.41. The van der Waals surface area contributed by atoms with Crippen LogP contribution >= 0.6 is 11.6 Å². The number of benzene rings is 1. The third kappa shape index (κ3) is 5.04. The summed E-state index contributed by atoms with van der Waals surface area (Å²) in [5.74, 6) is 1.12. The number of halogens is 1. The van der Waals surface area contributed by atoms with Gasteiger partial charge in [-0.15, -0.1) is 0 Å². The molecule has 0 aromatic heterocycles. The fraction of sp³-hybridized carbons (Fsp3) is 0.524. The molecule has 24 heavy (non-hydrogen) atoms. The highest BCUT2D eigenvalue weighted by Gasteiger charge is 2.33. The molecule has 0 spiro atoms. The average molecular weight is 351 g/mol. The van der Waals surface area contributed by atoms with Crippen molar-refractivity contribution in [2.24, 2.45) is 0 Å². The predicted molar refractivity (Wildman–Crippen MR) is 104 cm³/mol. The molecule has 0 radical (unpaired) electrons. The summed E-state index contributed by atoms with van der Waals surface area (Å²) < 4.78 is 6.28. The fourth-order valence-corrected chi connectivity index (χ4v) is 3.27. The van der Waals surface area contributed by atoms with Gasteiger partial charge in [0.15, 0.2) is 5.60 Å². The molecule has 1 atom stereocenters. The summed E-state index contributed by atoms with van der Waals surface area (Å²) in [6, 6.07) is 5.70. The summed E-state index contributed by atoms with van der Waals surface area (Å²) in [6.45, 7) is 14.2. The first-order valence-electron chi connectivity index (χ1n) is 8.82. The summed E-state index contributed by atoms with van der Waals surface area (Å²) in [5.41, 5.74) is 1.68. The summed E-state index contributed by atoms with van der Waals surface area (Å²) >= 11 is 6.22. The number of hydrogen-bond donors (Lipinski definition) is 1. The molecule has 3 heteroatoms. The molecule has 1 aromatic carbocycles. The van der Waals surface area contributed by atoms with E-state index in [1.165, 1.54) is 5.57 Å². The van der Waals surface area contributed by atoms with Crippen molar-refractivity contribution in [1.29, 1.82) is 0 Å². The number of aliphatic hydroxyl groups is 1. The van der Waals surface area contributed by atoms with E-state index in [9.17, 15) is 5.11 Å². The van der Waals surface area contributed by atoms with E-state index in [0.29, 0.717) is 17.9 Å². The van der Waals surface area contributed by atoms with Crippen LogP contribution in [0.15, 0.2) is 42.2 Å². The van der Waals surface area contributed by atoms with E-state index in [-0.39, 0.29) is 11.7 Å². The van der Waals surface area contributed by atoms with E-state index in [0.717, 1.165) is 24.2 Å². The van der Waals surface area contributed by atoms with Crippen molar-refractivity contribution in [1.82, 2.24) is 0 Å². The van der Waals surface area contributed by atoms with Gasteiger partial charge in [-0.3, -0.25) is 0 Å². The van der Waals surface area contributed by atoms with Gasteiger partial charge in [0.2, 0.25) is 0 Å². The molecule has 0 aliphatic heterocycles. The van der Waals surface area contributed by atoms with Gasteiger partial charge in [-0.25, -0.2) is 0 Å². The molecule has 0 heterocycles. The Morgan fingerprint density at radius 3 is 2.46 bits per heavy atom. The minimum absolute atomic E-state index is 0.0723. The van der Waals surface area contributed by atoms with Crippen LogP contribution in [-0.4, -0.2) is 10.7 Å². The van der Waals surface area contributed by atoms with Crippen LogP contribution in [0, 0.1) is 0 Å². The maximum atomic E-state index is 10.1. The molecule has 2 nitrogen and oxygen atoms in total. The third-order valence-corrected chi connectivity index (χ3v) is 4.89. The molecule has 0 aliphatic rings. The molecule has 0 bridgehead atoms. The second-order valence-corrected chi connectivity index (χ2v) is 6.93. The first kappa shape index (κ1) is 20.6. The number of hydrogen-bond acceptors (Lipinski definition) is 2. The average Bonchev–Trinajstić information content (AvgIpc) is 2.53. The van der Waals surface area contributed by atoms with Crippen molar-refractivity contribution in [3.05, 3.63) is 52.8 Å². The Kier molecular flexibility index (Phi) is 7.89. The van der Waals surface area contributed by atoms with E-state index >= 15 is 0 Å². The van der Waals surface area contributed by atoms with Crippen LogP contribution < -0.4 is 4.74 Å². The molecule has 0 aliphatic carbocycles. The van der Waals surface area contributed by atoms with Gasteiger partial charge >= 0.3 is 0 Å². The van der Waals surface area contributed by atoms with E-state index in [2.05, 4.69) is 33.4 Å². The second-order valence-electron chi connectivity index (χ2n) is 6.50. The monoisotopic (exact) mass is 350 g/mol. The van der Waals surface area contributed by atoms with Crippen LogP contribution in [0.25, 0.3) is 0 Å². The molecule has 1 unspecified atom stereocenters. The Labute approximate surface area is 152 Å². The molecule has 1 aromatic rings. The van der Waals surface area contributed by atoms with Gasteiger partial charge in [-0.1, -0.05) is 57.5 Å². The van der Waals surface area contributed by atoms with Gasteiger partial charge in [-0.2, -0.15) is 0 Å². The highest BCUT2D eigenvalue weighted by Crippen LogP contribution is 2.37. The molecular weight excluding hydrogens is 320 g/mol. The first-order chi connectivity index (χ1) is 11.3. The zero-order chi connectivity index (χ0) is 18.3. The van der Waals surface area contributed by atoms with Gasteiger partial charge in [0.05, 0.1) is 0 Å². The number of aliphatic hydroxyl groups excluding tert-OH is 1. The maximum Gasteiger partial charge on any atom is 0.164 e. The van der Waals surface area contributed by atoms with E-state index < -0.39 is 5.60 Å². The van der Waals surface area contributed by atoms with Crippen LogP contribution in [0.1, 0.15) is 71.8 Å². The van der Waals surface area contributed by atoms with Gasteiger partial charge < -0.3 is 9.84 Å². The van der Waals surface area contributed by atoms with Crippen LogP contribution in [-0.2, 0) is 0 Å². The zero-order valence-electron chi connectivity index (χ0n) is 15.7. The first-order valence-corrected chi connectivity index (χ1v) is 9.19. The second kappa shape index (κ2) is 9.17. The molecule has 1 rings (SSSR count). The van der Waals surface area contributed by atoms with Crippen LogP contribution in [0.4, 0.5) is 0 Å². The molecule has 0 fully saturated rings. The Balaban J connectivity index is 3.21. The van der Waals surface area contributed by atoms with E-state index in [1.807, 2.05) is 32.0 Å². The van der Waals surface area contributed by atoms with Crippen molar-refractivity contribution in [2.45, 2.75) is 71.8 Å². The van der Waals surface area contributed by atoms with E-state index in [1.54, 1.807) is 0 Å². The highest BCUT2D eigenvalue weighted by molar-refractivity contribution is 6.30. The van der Waals surface area contributed by atoms with Crippen molar-refractivity contribution >= 4 is 11.6 Å². The zero-order valence-corrected chi connectivity index (χ0v) is 16.4. The summed E-state index contributed by atoms with van der Waals surface area (Å²) in [7, 11) is 0. The highest BCUT2D eigenvalue weighted by atomic mass is 35.5. The van der Waals surface area contributed by atoms with Gasteiger partial charge in [0.25, 0.3) is 0 Å². The standard InChI is InChI=1S/C21H31ClO2/c1-7-10-15(4)13-16(5)19-14-18(22)11-12-20(19)24-21(8-2,9-3)17(6)23/h10-12,14,16,23H,6-9,13H2,1-5H3/b15-10-. The van der Waals surface area contributed by atoms with Crippen LogP contribution in [0.5, 0.6) is 5.75 Å². The van der Waals surface area contributed by atoms with Crippen molar-refractivity contribution in [2.75, 3.05) is 0 Å². The minimum atomic E-state index is -0.753. The number of ether oxygens (including phenoxy) is 1. The lowest BCUT2D eigenvalue weighted by Gasteiger charge is -2.33. The van der Waals surface area contributed by atoms with Crippen molar-refractivity contribution in [3.63, 3.8) is 0 Å². The lowest BCUT2D eigenvalue weighted by molar-refractivity contribution is 0.0530. The largest absolute Gasteiger partial charge is 0.509 e. The maximum absolute atomic E-state index is 10.1.